The molecule has 0 aromatic heterocycles. The first-order valence-electron chi connectivity index (χ1n) is 5.88. The van der Waals surface area contributed by atoms with Crippen molar-refractivity contribution in [1.82, 2.24) is 5.32 Å². The summed E-state index contributed by atoms with van der Waals surface area (Å²) in [6.45, 7) is 1.33. The molecule has 0 aliphatic carbocycles. The summed E-state index contributed by atoms with van der Waals surface area (Å²) in [7, 11) is 1.59. The molecule has 0 heterocycles. The van der Waals surface area contributed by atoms with Crippen molar-refractivity contribution in [2.24, 2.45) is 5.73 Å². The minimum atomic E-state index is -0.200. The van der Waals surface area contributed by atoms with Gasteiger partial charge in [-0.3, -0.25) is 4.79 Å². The Labute approximate surface area is 119 Å². The Morgan fingerprint density at radius 1 is 1.32 bits per heavy atom. The molecule has 0 fully saturated rings. The predicted molar refractivity (Wildman–Crippen MR) is 76.3 cm³/mol. The molecular formula is C13H21ClN2O3. The van der Waals surface area contributed by atoms with Crippen LogP contribution in [-0.2, 0) is 14.3 Å². The van der Waals surface area contributed by atoms with Gasteiger partial charge >= 0.3 is 0 Å². The van der Waals surface area contributed by atoms with E-state index in [0.29, 0.717) is 19.8 Å². The Hall–Kier alpha value is -1.14. The van der Waals surface area contributed by atoms with Gasteiger partial charge in [0.05, 0.1) is 13.2 Å². The molecule has 1 aromatic carbocycles. The number of methoxy groups -OCH3 is 1. The molecule has 6 heteroatoms. The standard InChI is InChI=1S/C13H20N2O3.ClH/c1-17-7-8-18-10-13(16)15-9-12(14)11-5-3-2-4-6-11;/h2-6,12H,7-10,14H2,1H3,(H,15,16);1H. The third-order valence-electron chi connectivity index (χ3n) is 2.41. The fraction of sp³-hybridized carbons (Fsp3) is 0.462. The molecule has 0 radical (unpaired) electrons. The minimum Gasteiger partial charge on any atom is -0.382 e. The van der Waals surface area contributed by atoms with Gasteiger partial charge in [0, 0.05) is 19.7 Å². The number of nitrogens with two attached hydrogens (primary N) is 1. The van der Waals surface area contributed by atoms with Crippen LogP contribution in [0.15, 0.2) is 30.3 Å². The highest BCUT2D eigenvalue weighted by Gasteiger charge is 2.07. The van der Waals surface area contributed by atoms with E-state index in [1.165, 1.54) is 0 Å². The maximum Gasteiger partial charge on any atom is 0.246 e. The predicted octanol–water partition coefficient (Wildman–Crippen LogP) is 0.887. The molecule has 0 bridgehead atoms. The van der Waals surface area contributed by atoms with E-state index in [2.05, 4.69) is 5.32 Å². The van der Waals surface area contributed by atoms with E-state index in [-0.39, 0.29) is 31.0 Å². The molecule has 1 atom stereocenters. The summed E-state index contributed by atoms with van der Waals surface area (Å²) in [6, 6.07) is 9.44. The van der Waals surface area contributed by atoms with Gasteiger partial charge in [-0.25, -0.2) is 0 Å². The summed E-state index contributed by atoms with van der Waals surface area (Å²) in [4.78, 5) is 11.4. The zero-order valence-electron chi connectivity index (χ0n) is 11.0. The molecule has 1 amide bonds. The van der Waals surface area contributed by atoms with Crippen molar-refractivity contribution >= 4 is 18.3 Å². The van der Waals surface area contributed by atoms with Gasteiger partial charge in [0.25, 0.3) is 0 Å². The Kier molecular flexibility index (Phi) is 10.1. The summed E-state index contributed by atoms with van der Waals surface area (Å²) in [5.41, 5.74) is 6.94. The topological polar surface area (TPSA) is 73.6 Å². The lowest BCUT2D eigenvalue weighted by Crippen LogP contribution is -2.34. The van der Waals surface area contributed by atoms with Crippen molar-refractivity contribution in [3.63, 3.8) is 0 Å². The number of carbonyl (C=O) groups excluding carboxylic acids is 1. The second kappa shape index (κ2) is 10.8. The number of rotatable bonds is 8. The first-order chi connectivity index (χ1) is 8.74. The van der Waals surface area contributed by atoms with E-state index in [1.54, 1.807) is 7.11 Å². The highest BCUT2D eigenvalue weighted by molar-refractivity contribution is 5.85. The molecule has 0 saturated heterocycles. The number of halogens is 1. The van der Waals surface area contributed by atoms with Gasteiger partial charge in [-0.15, -0.1) is 12.4 Å². The Balaban J connectivity index is 0.00000324. The molecule has 0 spiro atoms. The van der Waals surface area contributed by atoms with Crippen LogP contribution in [0.3, 0.4) is 0 Å². The van der Waals surface area contributed by atoms with Crippen LogP contribution in [0.5, 0.6) is 0 Å². The molecule has 1 rings (SSSR count). The van der Waals surface area contributed by atoms with Crippen LogP contribution < -0.4 is 11.1 Å². The minimum absolute atomic E-state index is 0. The van der Waals surface area contributed by atoms with E-state index in [1.807, 2.05) is 30.3 Å². The molecule has 0 aliphatic rings. The lowest BCUT2D eigenvalue weighted by atomic mass is 10.1. The lowest BCUT2D eigenvalue weighted by Gasteiger charge is -2.13. The van der Waals surface area contributed by atoms with Crippen molar-refractivity contribution in [3.05, 3.63) is 35.9 Å². The Morgan fingerprint density at radius 2 is 2.00 bits per heavy atom. The summed E-state index contributed by atoms with van der Waals surface area (Å²) >= 11 is 0. The van der Waals surface area contributed by atoms with Crippen molar-refractivity contribution in [2.45, 2.75) is 6.04 Å². The van der Waals surface area contributed by atoms with E-state index in [4.69, 9.17) is 15.2 Å². The maximum atomic E-state index is 11.4. The van der Waals surface area contributed by atoms with Crippen LogP contribution >= 0.6 is 12.4 Å². The van der Waals surface area contributed by atoms with Crippen LogP contribution in [0.25, 0.3) is 0 Å². The summed E-state index contributed by atoms with van der Waals surface area (Å²) in [5, 5.41) is 2.73. The van der Waals surface area contributed by atoms with E-state index >= 15 is 0 Å². The van der Waals surface area contributed by atoms with Crippen molar-refractivity contribution in [3.8, 4) is 0 Å². The van der Waals surface area contributed by atoms with Crippen LogP contribution in [-0.4, -0.2) is 39.4 Å². The second-order valence-corrected chi connectivity index (χ2v) is 3.87. The molecule has 19 heavy (non-hydrogen) atoms. The van der Waals surface area contributed by atoms with E-state index in [0.717, 1.165) is 5.56 Å². The summed E-state index contributed by atoms with van der Waals surface area (Å²) in [6.07, 6.45) is 0. The van der Waals surface area contributed by atoms with Crippen LogP contribution in [0.4, 0.5) is 0 Å². The lowest BCUT2D eigenvalue weighted by molar-refractivity contribution is -0.126. The van der Waals surface area contributed by atoms with Crippen molar-refractivity contribution < 1.29 is 14.3 Å². The van der Waals surface area contributed by atoms with Crippen LogP contribution in [0.1, 0.15) is 11.6 Å². The van der Waals surface area contributed by atoms with Crippen molar-refractivity contribution in [2.75, 3.05) is 33.5 Å². The monoisotopic (exact) mass is 288 g/mol. The molecule has 5 nitrogen and oxygen atoms in total. The van der Waals surface area contributed by atoms with Gasteiger partial charge in [-0.1, -0.05) is 30.3 Å². The molecule has 1 unspecified atom stereocenters. The smallest absolute Gasteiger partial charge is 0.246 e. The average molecular weight is 289 g/mol. The van der Waals surface area contributed by atoms with Crippen LogP contribution in [0, 0.1) is 0 Å². The van der Waals surface area contributed by atoms with Gasteiger partial charge in [-0.2, -0.15) is 0 Å². The Morgan fingerprint density at radius 3 is 2.63 bits per heavy atom. The zero-order valence-corrected chi connectivity index (χ0v) is 11.8. The maximum absolute atomic E-state index is 11.4. The number of ether oxygens (including phenoxy) is 2. The largest absolute Gasteiger partial charge is 0.382 e. The number of benzene rings is 1. The summed E-state index contributed by atoms with van der Waals surface area (Å²) in [5.74, 6) is -0.169. The molecule has 0 saturated carbocycles. The first kappa shape index (κ1) is 17.9. The highest BCUT2D eigenvalue weighted by atomic mass is 35.5. The SMILES string of the molecule is COCCOCC(=O)NCC(N)c1ccccc1.Cl. The normalized spacial score (nSPS) is 11.5. The third kappa shape index (κ3) is 7.79. The van der Waals surface area contributed by atoms with Gasteiger partial charge < -0.3 is 20.5 Å². The van der Waals surface area contributed by atoms with Crippen LogP contribution in [0.2, 0.25) is 0 Å². The van der Waals surface area contributed by atoms with Crippen molar-refractivity contribution in [1.29, 1.82) is 0 Å². The number of hydrogen-bond donors (Lipinski definition) is 2. The molecule has 108 valence electrons. The molecule has 3 N–H and O–H groups in total. The third-order valence-corrected chi connectivity index (χ3v) is 2.41. The second-order valence-electron chi connectivity index (χ2n) is 3.87. The van der Waals surface area contributed by atoms with Gasteiger partial charge in [0.2, 0.25) is 5.91 Å². The van der Waals surface area contributed by atoms with E-state index < -0.39 is 0 Å². The number of carbonyl (C=O) groups is 1. The first-order valence-corrected chi connectivity index (χ1v) is 5.88. The fourth-order valence-corrected chi connectivity index (χ4v) is 1.40. The molecule has 0 aliphatic heterocycles. The number of nitrogens with one attached hydrogen (secondary N) is 1. The molecular weight excluding hydrogens is 268 g/mol. The number of amides is 1. The average Bonchev–Trinajstić information content (AvgIpc) is 2.42. The van der Waals surface area contributed by atoms with Gasteiger partial charge in [0.1, 0.15) is 6.61 Å². The van der Waals surface area contributed by atoms with Gasteiger partial charge in [-0.05, 0) is 5.56 Å². The van der Waals surface area contributed by atoms with E-state index in [9.17, 15) is 4.79 Å². The van der Waals surface area contributed by atoms with Gasteiger partial charge in [0.15, 0.2) is 0 Å². The summed E-state index contributed by atoms with van der Waals surface area (Å²) < 4.78 is 9.90. The zero-order chi connectivity index (χ0) is 13.2. The molecule has 1 aromatic rings. The fourth-order valence-electron chi connectivity index (χ4n) is 1.40. The Bertz CT molecular complexity index is 349. The highest BCUT2D eigenvalue weighted by Crippen LogP contribution is 2.07. The quantitative estimate of drug-likeness (QED) is 0.697. The number of hydrogen-bond acceptors (Lipinski definition) is 4.